The molecule has 80 valence electrons. The fraction of sp³-hybridized carbons (Fsp3) is 1.00. The van der Waals surface area contributed by atoms with E-state index in [0.717, 1.165) is 6.61 Å². The highest BCUT2D eigenvalue weighted by Crippen LogP contribution is 2.14. The average Bonchev–Trinajstić information content (AvgIpc) is 2.51. The highest BCUT2D eigenvalue weighted by molar-refractivity contribution is 4.75. The smallest absolute Gasteiger partial charge is 0.0625 e. The second-order valence-corrected chi connectivity index (χ2v) is 3.66. The molecule has 0 spiro atoms. The molecule has 0 N–H and O–H groups in total. The van der Waals surface area contributed by atoms with Crippen LogP contribution in [-0.4, -0.2) is 37.2 Å². The van der Waals surface area contributed by atoms with Gasteiger partial charge in [-0.15, -0.1) is 0 Å². The quantitative estimate of drug-likeness (QED) is 0.673. The molecule has 0 aromatic rings. The molecule has 0 aliphatic carbocycles. The lowest BCUT2D eigenvalue weighted by atomic mass is 10.2. The fourth-order valence-corrected chi connectivity index (χ4v) is 1.49. The van der Waals surface area contributed by atoms with Crippen LogP contribution in [0.3, 0.4) is 0 Å². The second kappa shape index (κ2) is 7.34. The third kappa shape index (κ3) is 5.27. The molecule has 0 amide bonds. The SMILES string of the molecule is CC.CC(C)OCC1CCCN1C. The van der Waals surface area contributed by atoms with Crippen molar-refractivity contribution in [2.75, 3.05) is 20.2 Å². The summed E-state index contributed by atoms with van der Waals surface area (Å²) in [6.07, 6.45) is 3.02. The Labute approximate surface area is 83.3 Å². The number of likely N-dealkylation sites (tertiary alicyclic amines) is 1. The van der Waals surface area contributed by atoms with E-state index in [1.54, 1.807) is 0 Å². The molecular weight excluding hydrogens is 162 g/mol. The Morgan fingerprint density at radius 1 is 1.38 bits per heavy atom. The van der Waals surface area contributed by atoms with Crippen molar-refractivity contribution in [3.05, 3.63) is 0 Å². The number of likely N-dealkylation sites (N-methyl/N-ethyl adjacent to an activating group) is 1. The largest absolute Gasteiger partial charge is 0.377 e. The third-order valence-electron chi connectivity index (χ3n) is 2.29. The number of ether oxygens (including phenoxy) is 1. The molecule has 0 aromatic carbocycles. The zero-order valence-corrected chi connectivity index (χ0v) is 9.84. The molecule has 1 rings (SSSR count). The Morgan fingerprint density at radius 2 is 2.00 bits per heavy atom. The predicted molar refractivity (Wildman–Crippen MR) is 58.1 cm³/mol. The van der Waals surface area contributed by atoms with Gasteiger partial charge in [0.15, 0.2) is 0 Å². The van der Waals surface area contributed by atoms with Gasteiger partial charge in [-0.05, 0) is 40.3 Å². The summed E-state index contributed by atoms with van der Waals surface area (Å²) in [7, 11) is 2.18. The third-order valence-corrected chi connectivity index (χ3v) is 2.29. The van der Waals surface area contributed by atoms with Crippen molar-refractivity contribution < 1.29 is 4.74 Å². The van der Waals surface area contributed by atoms with Crippen molar-refractivity contribution in [1.29, 1.82) is 0 Å². The van der Waals surface area contributed by atoms with Gasteiger partial charge in [0.25, 0.3) is 0 Å². The van der Waals surface area contributed by atoms with Crippen molar-refractivity contribution in [3.63, 3.8) is 0 Å². The summed E-state index contributed by atoms with van der Waals surface area (Å²) in [6, 6.07) is 0.678. The van der Waals surface area contributed by atoms with Crippen LogP contribution < -0.4 is 0 Å². The molecule has 2 heteroatoms. The van der Waals surface area contributed by atoms with Gasteiger partial charge in [-0.2, -0.15) is 0 Å². The van der Waals surface area contributed by atoms with E-state index in [0.29, 0.717) is 12.1 Å². The van der Waals surface area contributed by atoms with Gasteiger partial charge >= 0.3 is 0 Å². The predicted octanol–water partition coefficient (Wildman–Crippen LogP) is 2.53. The van der Waals surface area contributed by atoms with Crippen LogP contribution in [0.2, 0.25) is 0 Å². The van der Waals surface area contributed by atoms with E-state index in [-0.39, 0.29) is 0 Å². The minimum absolute atomic E-state index is 0.379. The molecule has 1 aliphatic rings. The van der Waals surface area contributed by atoms with Crippen LogP contribution in [0.25, 0.3) is 0 Å². The van der Waals surface area contributed by atoms with E-state index >= 15 is 0 Å². The van der Waals surface area contributed by atoms with E-state index in [1.165, 1.54) is 19.4 Å². The number of rotatable bonds is 3. The van der Waals surface area contributed by atoms with Crippen molar-refractivity contribution in [3.8, 4) is 0 Å². The maximum Gasteiger partial charge on any atom is 0.0625 e. The molecule has 0 bridgehead atoms. The Kier molecular flexibility index (Phi) is 7.29. The Bertz CT molecular complexity index is 115. The Morgan fingerprint density at radius 3 is 2.38 bits per heavy atom. The topological polar surface area (TPSA) is 12.5 Å². The normalized spacial score (nSPS) is 23.1. The van der Waals surface area contributed by atoms with Gasteiger partial charge in [0.05, 0.1) is 12.7 Å². The van der Waals surface area contributed by atoms with Gasteiger partial charge in [0.1, 0.15) is 0 Å². The van der Waals surface area contributed by atoms with E-state index in [9.17, 15) is 0 Å². The summed E-state index contributed by atoms with van der Waals surface area (Å²) >= 11 is 0. The van der Waals surface area contributed by atoms with Gasteiger partial charge < -0.3 is 9.64 Å². The second-order valence-electron chi connectivity index (χ2n) is 3.66. The van der Waals surface area contributed by atoms with Crippen LogP contribution in [0.5, 0.6) is 0 Å². The monoisotopic (exact) mass is 187 g/mol. The molecule has 0 aromatic heterocycles. The fourth-order valence-electron chi connectivity index (χ4n) is 1.49. The first kappa shape index (κ1) is 12.9. The minimum Gasteiger partial charge on any atom is -0.377 e. The van der Waals surface area contributed by atoms with E-state index in [4.69, 9.17) is 4.74 Å². The van der Waals surface area contributed by atoms with E-state index in [1.807, 2.05) is 13.8 Å². The van der Waals surface area contributed by atoms with Crippen molar-refractivity contribution in [2.24, 2.45) is 0 Å². The van der Waals surface area contributed by atoms with Crippen molar-refractivity contribution in [2.45, 2.75) is 52.7 Å². The summed E-state index contributed by atoms with van der Waals surface area (Å²) in [6.45, 7) is 10.3. The molecule has 1 unspecified atom stereocenters. The lowest BCUT2D eigenvalue weighted by Gasteiger charge is -2.20. The van der Waals surface area contributed by atoms with Gasteiger partial charge in [-0.1, -0.05) is 13.8 Å². The Balaban J connectivity index is 0.000000671. The summed E-state index contributed by atoms with van der Waals surface area (Å²) in [5.41, 5.74) is 0. The molecule has 1 aliphatic heterocycles. The van der Waals surface area contributed by atoms with Crippen LogP contribution in [-0.2, 0) is 4.74 Å². The zero-order valence-electron chi connectivity index (χ0n) is 9.84. The number of hydrogen-bond acceptors (Lipinski definition) is 2. The first-order valence-electron chi connectivity index (χ1n) is 5.52. The lowest BCUT2D eigenvalue weighted by Crippen LogP contribution is -2.30. The Hall–Kier alpha value is -0.0800. The van der Waals surface area contributed by atoms with Crippen LogP contribution in [0, 0.1) is 0 Å². The standard InChI is InChI=1S/C9H19NO.C2H6/c1-8(2)11-7-9-5-4-6-10(9)3;1-2/h8-9H,4-7H2,1-3H3;1-2H3. The molecule has 0 radical (unpaired) electrons. The van der Waals surface area contributed by atoms with Gasteiger partial charge in [0, 0.05) is 6.04 Å². The number of nitrogens with zero attached hydrogens (tertiary/aromatic N) is 1. The zero-order chi connectivity index (χ0) is 10.3. The van der Waals surface area contributed by atoms with Crippen LogP contribution >= 0.6 is 0 Å². The van der Waals surface area contributed by atoms with Crippen molar-refractivity contribution in [1.82, 2.24) is 4.90 Å². The van der Waals surface area contributed by atoms with Crippen LogP contribution in [0.4, 0.5) is 0 Å². The maximum absolute atomic E-state index is 5.55. The highest BCUT2D eigenvalue weighted by atomic mass is 16.5. The molecule has 1 heterocycles. The first-order valence-corrected chi connectivity index (χ1v) is 5.52. The van der Waals surface area contributed by atoms with Gasteiger partial charge in [-0.25, -0.2) is 0 Å². The van der Waals surface area contributed by atoms with E-state index < -0.39 is 0 Å². The number of hydrogen-bond donors (Lipinski definition) is 0. The summed E-state index contributed by atoms with van der Waals surface area (Å²) in [4.78, 5) is 2.39. The van der Waals surface area contributed by atoms with Crippen LogP contribution in [0.15, 0.2) is 0 Å². The minimum atomic E-state index is 0.379. The molecule has 1 saturated heterocycles. The average molecular weight is 187 g/mol. The molecule has 2 nitrogen and oxygen atoms in total. The first-order chi connectivity index (χ1) is 6.20. The summed E-state index contributed by atoms with van der Waals surface area (Å²) in [5, 5.41) is 0. The van der Waals surface area contributed by atoms with Gasteiger partial charge in [0.2, 0.25) is 0 Å². The molecule has 1 fully saturated rings. The molecule has 1 atom stereocenters. The van der Waals surface area contributed by atoms with E-state index in [2.05, 4.69) is 25.8 Å². The molecule has 0 saturated carbocycles. The maximum atomic E-state index is 5.55. The molecule has 13 heavy (non-hydrogen) atoms. The van der Waals surface area contributed by atoms with Crippen molar-refractivity contribution >= 4 is 0 Å². The lowest BCUT2D eigenvalue weighted by molar-refractivity contribution is 0.0432. The van der Waals surface area contributed by atoms with Crippen LogP contribution in [0.1, 0.15) is 40.5 Å². The van der Waals surface area contributed by atoms with Gasteiger partial charge in [-0.3, -0.25) is 0 Å². The summed E-state index contributed by atoms with van der Waals surface area (Å²) < 4.78 is 5.55. The summed E-state index contributed by atoms with van der Waals surface area (Å²) in [5.74, 6) is 0. The highest BCUT2D eigenvalue weighted by Gasteiger charge is 2.20. The molecular formula is C11H25NO.